The Kier molecular flexibility index (Phi) is 6.07. The number of rotatable bonds is 6. The quantitative estimate of drug-likeness (QED) is 0.575. The van der Waals surface area contributed by atoms with Crippen molar-refractivity contribution in [3.8, 4) is 0 Å². The molecule has 0 atom stereocenters. The van der Waals surface area contributed by atoms with Gasteiger partial charge in [-0.3, -0.25) is 9.59 Å². The minimum atomic E-state index is -0.326. The van der Waals surface area contributed by atoms with Gasteiger partial charge in [-0.2, -0.15) is 0 Å². The smallest absolute Gasteiger partial charge is 0.291 e. The molecule has 0 saturated heterocycles. The zero-order valence-electron chi connectivity index (χ0n) is 15.8. The lowest BCUT2D eigenvalue weighted by Crippen LogP contribution is -2.11. The number of carbonyl (C=O) groups is 2. The summed E-state index contributed by atoms with van der Waals surface area (Å²) in [5.74, 6) is 0.172. The molecule has 0 aliphatic carbocycles. The van der Waals surface area contributed by atoms with Crippen LogP contribution in [0.1, 0.15) is 41.4 Å². The minimum absolute atomic E-state index is 0.222. The zero-order chi connectivity index (χ0) is 19.9. The molecular formula is C23H22N2O3. The summed E-state index contributed by atoms with van der Waals surface area (Å²) in [6, 6.07) is 18.2. The predicted octanol–water partition coefficient (Wildman–Crippen LogP) is 5.31. The van der Waals surface area contributed by atoms with Gasteiger partial charge in [0.15, 0.2) is 5.76 Å². The number of hydrogen-bond acceptors (Lipinski definition) is 3. The average Bonchev–Trinajstić information content (AvgIpc) is 3.23. The van der Waals surface area contributed by atoms with E-state index < -0.39 is 0 Å². The Labute approximate surface area is 164 Å². The SMILES string of the molecule is CC(C)c1ccc(C=CC(=O)Nc2ccc(NC(=O)c3ccco3)cc2)cc1. The van der Waals surface area contributed by atoms with Gasteiger partial charge in [-0.15, -0.1) is 0 Å². The lowest BCUT2D eigenvalue weighted by molar-refractivity contribution is -0.111. The van der Waals surface area contributed by atoms with E-state index in [2.05, 4.69) is 36.6 Å². The fraction of sp³-hybridized carbons (Fsp3) is 0.130. The molecule has 2 amide bonds. The first-order chi connectivity index (χ1) is 13.5. The number of furan rings is 1. The summed E-state index contributed by atoms with van der Waals surface area (Å²) in [5.41, 5.74) is 3.48. The van der Waals surface area contributed by atoms with Crippen molar-refractivity contribution in [3.05, 3.63) is 89.9 Å². The van der Waals surface area contributed by atoms with Gasteiger partial charge in [0.05, 0.1) is 6.26 Å². The van der Waals surface area contributed by atoms with Crippen LogP contribution >= 0.6 is 0 Å². The third-order valence-corrected chi connectivity index (χ3v) is 4.19. The largest absolute Gasteiger partial charge is 0.459 e. The fourth-order valence-corrected chi connectivity index (χ4v) is 2.59. The van der Waals surface area contributed by atoms with Crippen LogP contribution in [0.15, 0.2) is 77.4 Å². The highest BCUT2D eigenvalue weighted by Crippen LogP contribution is 2.16. The molecule has 3 aromatic rings. The molecule has 0 aliphatic heterocycles. The second-order valence-corrected chi connectivity index (χ2v) is 6.65. The molecule has 3 rings (SSSR count). The van der Waals surface area contributed by atoms with Gasteiger partial charge in [0.25, 0.3) is 5.91 Å². The van der Waals surface area contributed by atoms with Crippen LogP contribution in [0, 0.1) is 0 Å². The van der Waals surface area contributed by atoms with E-state index in [9.17, 15) is 9.59 Å². The topological polar surface area (TPSA) is 71.3 Å². The summed E-state index contributed by atoms with van der Waals surface area (Å²) in [7, 11) is 0. The van der Waals surface area contributed by atoms with Crippen molar-refractivity contribution in [2.45, 2.75) is 19.8 Å². The molecule has 0 saturated carbocycles. The van der Waals surface area contributed by atoms with Crippen LogP contribution in [-0.4, -0.2) is 11.8 Å². The molecule has 0 fully saturated rings. The number of nitrogens with one attached hydrogen (secondary N) is 2. The van der Waals surface area contributed by atoms with E-state index in [0.717, 1.165) is 5.56 Å². The van der Waals surface area contributed by atoms with Gasteiger partial charge in [0.2, 0.25) is 5.91 Å². The zero-order valence-corrected chi connectivity index (χ0v) is 15.8. The van der Waals surface area contributed by atoms with Gasteiger partial charge in [0.1, 0.15) is 0 Å². The summed E-state index contributed by atoms with van der Waals surface area (Å²) in [6.07, 6.45) is 4.72. The molecule has 5 heteroatoms. The highest BCUT2D eigenvalue weighted by atomic mass is 16.3. The van der Waals surface area contributed by atoms with E-state index in [1.165, 1.54) is 17.9 Å². The second kappa shape index (κ2) is 8.86. The Morgan fingerprint density at radius 1 is 0.893 bits per heavy atom. The van der Waals surface area contributed by atoms with Crippen LogP contribution in [0.25, 0.3) is 6.08 Å². The van der Waals surface area contributed by atoms with Crippen molar-refractivity contribution >= 4 is 29.3 Å². The summed E-state index contributed by atoms with van der Waals surface area (Å²) in [5, 5.41) is 5.52. The van der Waals surface area contributed by atoms with Crippen LogP contribution < -0.4 is 10.6 Å². The maximum Gasteiger partial charge on any atom is 0.291 e. The first-order valence-corrected chi connectivity index (χ1v) is 9.05. The van der Waals surface area contributed by atoms with Crippen LogP contribution in [0.2, 0.25) is 0 Å². The molecule has 0 radical (unpaired) electrons. The van der Waals surface area contributed by atoms with Gasteiger partial charge < -0.3 is 15.1 Å². The van der Waals surface area contributed by atoms with Gasteiger partial charge in [-0.05, 0) is 59.5 Å². The third-order valence-electron chi connectivity index (χ3n) is 4.19. The number of amides is 2. The molecule has 2 N–H and O–H groups in total. The standard InChI is InChI=1S/C23H22N2O3/c1-16(2)18-8-5-17(6-9-18)7-14-22(26)24-19-10-12-20(13-11-19)25-23(27)21-4-3-15-28-21/h3-16H,1-2H3,(H,24,26)(H,25,27). The molecule has 1 heterocycles. The molecule has 5 nitrogen and oxygen atoms in total. The number of anilines is 2. The summed E-state index contributed by atoms with van der Waals surface area (Å²) < 4.78 is 5.05. The van der Waals surface area contributed by atoms with Crippen LogP contribution in [0.3, 0.4) is 0 Å². The number of carbonyl (C=O) groups excluding carboxylic acids is 2. The van der Waals surface area contributed by atoms with E-state index in [0.29, 0.717) is 17.3 Å². The number of benzene rings is 2. The van der Waals surface area contributed by atoms with Crippen LogP contribution in [0.4, 0.5) is 11.4 Å². The lowest BCUT2D eigenvalue weighted by Gasteiger charge is -2.06. The average molecular weight is 374 g/mol. The Hall–Kier alpha value is -3.60. The molecule has 0 aliphatic rings. The number of hydrogen-bond donors (Lipinski definition) is 2. The van der Waals surface area contributed by atoms with Gasteiger partial charge >= 0.3 is 0 Å². The van der Waals surface area contributed by atoms with Crippen molar-refractivity contribution in [3.63, 3.8) is 0 Å². The lowest BCUT2D eigenvalue weighted by atomic mass is 10.0. The van der Waals surface area contributed by atoms with Crippen molar-refractivity contribution in [2.75, 3.05) is 10.6 Å². The first-order valence-electron chi connectivity index (χ1n) is 9.05. The Morgan fingerprint density at radius 3 is 2.11 bits per heavy atom. The van der Waals surface area contributed by atoms with Gasteiger partial charge in [-0.25, -0.2) is 0 Å². The molecule has 1 aromatic heterocycles. The Balaban J connectivity index is 1.54. The fourth-order valence-electron chi connectivity index (χ4n) is 2.59. The molecular weight excluding hydrogens is 352 g/mol. The van der Waals surface area contributed by atoms with Crippen molar-refractivity contribution in [1.29, 1.82) is 0 Å². The van der Waals surface area contributed by atoms with E-state index in [-0.39, 0.29) is 17.6 Å². The van der Waals surface area contributed by atoms with Gasteiger partial charge in [-0.1, -0.05) is 38.1 Å². The molecule has 2 aromatic carbocycles. The van der Waals surface area contributed by atoms with E-state index in [1.807, 2.05) is 12.1 Å². The van der Waals surface area contributed by atoms with E-state index in [4.69, 9.17) is 4.42 Å². The molecule has 142 valence electrons. The van der Waals surface area contributed by atoms with Crippen LogP contribution in [-0.2, 0) is 4.79 Å². The summed E-state index contributed by atoms with van der Waals surface area (Å²) in [4.78, 5) is 24.0. The normalized spacial score (nSPS) is 11.0. The third kappa shape index (κ3) is 5.20. The predicted molar refractivity (Wildman–Crippen MR) is 111 cm³/mol. The summed E-state index contributed by atoms with van der Waals surface area (Å²) in [6.45, 7) is 4.29. The molecule has 0 bridgehead atoms. The second-order valence-electron chi connectivity index (χ2n) is 6.65. The Morgan fingerprint density at radius 2 is 1.54 bits per heavy atom. The maximum absolute atomic E-state index is 12.1. The highest BCUT2D eigenvalue weighted by Gasteiger charge is 2.08. The molecule has 28 heavy (non-hydrogen) atoms. The van der Waals surface area contributed by atoms with Crippen molar-refractivity contribution < 1.29 is 14.0 Å². The Bertz CT molecular complexity index is 954. The summed E-state index contributed by atoms with van der Waals surface area (Å²) >= 11 is 0. The highest BCUT2D eigenvalue weighted by molar-refractivity contribution is 6.03. The monoisotopic (exact) mass is 374 g/mol. The van der Waals surface area contributed by atoms with Crippen LogP contribution in [0.5, 0.6) is 0 Å². The molecule has 0 spiro atoms. The molecule has 0 unspecified atom stereocenters. The first kappa shape index (κ1) is 19.2. The van der Waals surface area contributed by atoms with E-state index >= 15 is 0 Å². The minimum Gasteiger partial charge on any atom is -0.459 e. The van der Waals surface area contributed by atoms with Crippen molar-refractivity contribution in [2.24, 2.45) is 0 Å². The van der Waals surface area contributed by atoms with E-state index in [1.54, 1.807) is 42.5 Å². The van der Waals surface area contributed by atoms with Crippen molar-refractivity contribution in [1.82, 2.24) is 0 Å². The maximum atomic E-state index is 12.1. The van der Waals surface area contributed by atoms with Gasteiger partial charge in [0, 0.05) is 17.5 Å².